The van der Waals surface area contributed by atoms with E-state index in [1.54, 1.807) is 0 Å². The number of rotatable bonds is 5. The molecule has 1 fully saturated rings. The minimum absolute atomic E-state index is 0.210. The van der Waals surface area contributed by atoms with Gasteiger partial charge in [-0.3, -0.25) is 16.3 Å². The van der Waals surface area contributed by atoms with E-state index in [1.165, 1.54) is 18.2 Å². The first kappa shape index (κ1) is 14.4. The highest BCUT2D eigenvalue weighted by Gasteiger charge is 2.19. The van der Waals surface area contributed by atoms with Crippen molar-refractivity contribution in [2.75, 3.05) is 6.61 Å². The van der Waals surface area contributed by atoms with E-state index in [4.69, 9.17) is 15.6 Å². The zero-order chi connectivity index (χ0) is 14.5. The Hall–Kier alpha value is -1.49. The molecule has 4 heteroatoms. The predicted octanol–water partition coefficient (Wildman–Crippen LogP) is 2.57. The summed E-state index contributed by atoms with van der Waals surface area (Å²) in [5, 5.41) is 1.18. The maximum Gasteiger partial charge on any atom is 0.0705 e. The zero-order valence-electron chi connectivity index (χ0n) is 12.3. The largest absolute Gasteiger partial charge is 0.378 e. The molecule has 4 nitrogen and oxygen atoms in total. The van der Waals surface area contributed by atoms with Gasteiger partial charge in [-0.25, -0.2) is 0 Å². The van der Waals surface area contributed by atoms with Gasteiger partial charge < -0.3 is 4.74 Å². The van der Waals surface area contributed by atoms with Crippen molar-refractivity contribution in [2.45, 2.75) is 44.2 Å². The summed E-state index contributed by atoms with van der Waals surface area (Å²) < 4.78 is 5.80. The normalized spacial score (nSPS) is 20.5. The Balaban J connectivity index is 1.66. The van der Waals surface area contributed by atoms with Gasteiger partial charge >= 0.3 is 0 Å². The van der Waals surface area contributed by atoms with Gasteiger partial charge in [0.2, 0.25) is 0 Å². The summed E-state index contributed by atoms with van der Waals surface area (Å²) in [4.78, 5) is 4.72. The van der Waals surface area contributed by atoms with Gasteiger partial charge in [0.1, 0.15) is 0 Å². The maximum absolute atomic E-state index is 5.80. The molecule has 1 aliphatic heterocycles. The topological polar surface area (TPSA) is 60.2 Å². The van der Waals surface area contributed by atoms with Crippen LogP contribution in [0.15, 0.2) is 36.4 Å². The second-order valence-electron chi connectivity index (χ2n) is 5.79. The van der Waals surface area contributed by atoms with Crippen molar-refractivity contribution in [2.24, 2.45) is 5.84 Å². The molecule has 3 rings (SSSR count). The van der Waals surface area contributed by atoms with E-state index in [2.05, 4.69) is 23.6 Å². The number of aromatic nitrogens is 1. The lowest BCUT2D eigenvalue weighted by Gasteiger charge is -2.26. The molecule has 0 bridgehead atoms. The molecular weight excluding hydrogens is 262 g/mol. The molecule has 1 aliphatic rings. The number of benzene rings is 1. The molecule has 0 radical (unpaired) electrons. The zero-order valence-corrected chi connectivity index (χ0v) is 12.3. The lowest BCUT2D eigenvalue weighted by atomic mass is 9.99. The second-order valence-corrected chi connectivity index (χ2v) is 5.79. The number of nitrogens with zero attached hydrogens (tertiary/aromatic N) is 1. The Morgan fingerprint density at radius 2 is 2.14 bits per heavy atom. The molecule has 2 atom stereocenters. The summed E-state index contributed by atoms with van der Waals surface area (Å²) in [5.41, 5.74) is 5.04. The molecule has 112 valence electrons. The molecule has 21 heavy (non-hydrogen) atoms. The molecule has 1 saturated heterocycles. The standard InChI is InChI=1S/C17H23N3O/c18-20-15(12-16-6-3-4-10-21-16)11-14-9-8-13-5-1-2-7-17(13)19-14/h1-2,5,7-9,15-16,20H,3-4,6,10-12,18H2. The fourth-order valence-corrected chi connectivity index (χ4v) is 3.00. The van der Waals surface area contributed by atoms with Gasteiger partial charge in [-0.2, -0.15) is 0 Å². The summed E-state index contributed by atoms with van der Waals surface area (Å²) in [7, 11) is 0. The lowest BCUT2D eigenvalue weighted by molar-refractivity contribution is 0.00519. The Morgan fingerprint density at radius 3 is 2.95 bits per heavy atom. The third kappa shape index (κ3) is 3.79. The third-order valence-corrected chi connectivity index (χ3v) is 4.17. The van der Waals surface area contributed by atoms with E-state index >= 15 is 0 Å². The highest BCUT2D eigenvalue weighted by atomic mass is 16.5. The van der Waals surface area contributed by atoms with E-state index < -0.39 is 0 Å². The smallest absolute Gasteiger partial charge is 0.0705 e. The van der Waals surface area contributed by atoms with Crippen molar-refractivity contribution in [3.05, 3.63) is 42.1 Å². The summed E-state index contributed by atoms with van der Waals surface area (Å²) in [5.74, 6) is 5.72. The van der Waals surface area contributed by atoms with Crippen LogP contribution in [-0.4, -0.2) is 23.7 Å². The van der Waals surface area contributed by atoms with Crippen molar-refractivity contribution in [1.82, 2.24) is 10.4 Å². The first-order valence-corrected chi connectivity index (χ1v) is 7.77. The molecular formula is C17H23N3O. The molecule has 2 aromatic rings. The average molecular weight is 285 g/mol. The fourth-order valence-electron chi connectivity index (χ4n) is 3.00. The van der Waals surface area contributed by atoms with Gasteiger partial charge in [-0.1, -0.05) is 24.3 Å². The van der Waals surface area contributed by atoms with E-state index in [-0.39, 0.29) is 6.04 Å². The van der Waals surface area contributed by atoms with Crippen LogP contribution in [0.4, 0.5) is 0 Å². The molecule has 1 aromatic carbocycles. The van der Waals surface area contributed by atoms with Gasteiger partial charge in [0, 0.05) is 30.1 Å². The summed E-state index contributed by atoms with van der Waals surface area (Å²) in [6.45, 7) is 0.885. The number of fused-ring (bicyclic) bond motifs is 1. The van der Waals surface area contributed by atoms with Gasteiger partial charge in [0.05, 0.1) is 11.6 Å². The number of hydrogen-bond donors (Lipinski definition) is 2. The van der Waals surface area contributed by atoms with Crippen LogP contribution in [0.3, 0.4) is 0 Å². The highest BCUT2D eigenvalue weighted by molar-refractivity contribution is 5.78. The molecule has 0 aliphatic carbocycles. The molecule has 0 spiro atoms. The van der Waals surface area contributed by atoms with Gasteiger partial charge in [0.25, 0.3) is 0 Å². The lowest BCUT2D eigenvalue weighted by Crippen LogP contribution is -2.40. The van der Waals surface area contributed by atoms with E-state index in [1.807, 2.05) is 18.2 Å². The van der Waals surface area contributed by atoms with Crippen LogP contribution in [0.1, 0.15) is 31.4 Å². The Kier molecular flexibility index (Phi) is 4.80. The first-order valence-electron chi connectivity index (χ1n) is 7.77. The van der Waals surface area contributed by atoms with Crippen molar-refractivity contribution >= 4 is 10.9 Å². The molecule has 3 N–H and O–H groups in total. The van der Waals surface area contributed by atoms with Crippen LogP contribution >= 0.6 is 0 Å². The number of ether oxygens (including phenoxy) is 1. The summed E-state index contributed by atoms with van der Waals surface area (Å²) in [6, 6.07) is 12.6. The van der Waals surface area contributed by atoms with Crippen LogP contribution in [0, 0.1) is 0 Å². The predicted molar refractivity (Wildman–Crippen MR) is 84.8 cm³/mol. The van der Waals surface area contributed by atoms with E-state index in [9.17, 15) is 0 Å². The fraction of sp³-hybridized carbons (Fsp3) is 0.471. The van der Waals surface area contributed by atoms with Gasteiger partial charge in [0.15, 0.2) is 0 Å². The van der Waals surface area contributed by atoms with Crippen molar-refractivity contribution in [3.8, 4) is 0 Å². The van der Waals surface area contributed by atoms with Crippen molar-refractivity contribution in [3.63, 3.8) is 0 Å². The van der Waals surface area contributed by atoms with Crippen LogP contribution in [0.25, 0.3) is 10.9 Å². The Labute approximate surface area is 125 Å². The average Bonchev–Trinajstić information content (AvgIpc) is 2.55. The maximum atomic E-state index is 5.80. The Morgan fingerprint density at radius 1 is 1.24 bits per heavy atom. The van der Waals surface area contributed by atoms with Crippen LogP contribution < -0.4 is 11.3 Å². The van der Waals surface area contributed by atoms with Crippen LogP contribution in [0.5, 0.6) is 0 Å². The molecule has 0 saturated carbocycles. The minimum Gasteiger partial charge on any atom is -0.378 e. The highest BCUT2D eigenvalue weighted by Crippen LogP contribution is 2.19. The van der Waals surface area contributed by atoms with E-state index in [0.29, 0.717) is 6.10 Å². The third-order valence-electron chi connectivity index (χ3n) is 4.17. The Bertz CT molecular complexity index is 581. The SMILES string of the molecule is NNC(Cc1ccc2ccccc2n1)CC1CCCCO1. The molecule has 1 aromatic heterocycles. The molecule has 2 unspecified atom stereocenters. The number of hydrazine groups is 1. The van der Waals surface area contributed by atoms with Crippen molar-refractivity contribution in [1.29, 1.82) is 0 Å². The minimum atomic E-state index is 0.210. The summed E-state index contributed by atoms with van der Waals surface area (Å²) >= 11 is 0. The molecule has 2 heterocycles. The van der Waals surface area contributed by atoms with Crippen molar-refractivity contribution < 1.29 is 4.74 Å². The summed E-state index contributed by atoms with van der Waals surface area (Å²) in [6.07, 6.45) is 5.70. The number of pyridine rings is 1. The second kappa shape index (κ2) is 6.98. The van der Waals surface area contributed by atoms with Crippen LogP contribution in [-0.2, 0) is 11.2 Å². The van der Waals surface area contributed by atoms with Gasteiger partial charge in [-0.15, -0.1) is 0 Å². The number of hydrogen-bond acceptors (Lipinski definition) is 4. The first-order chi connectivity index (χ1) is 10.3. The number of nitrogens with one attached hydrogen (secondary N) is 1. The van der Waals surface area contributed by atoms with E-state index in [0.717, 1.165) is 37.1 Å². The monoisotopic (exact) mass is 285 g/mol. The van der Waals surface area contributed by atoms with Crippen LogP contribution in [0.2, 0.25) is 0 Å². The number of nitrogens with two attached hydrogens (primary N) is 1. The molecule has 0 amide bonds. The quantitative estimate of drug-likeness (QED) is 0.655. The number of para-hydroxylation sites is 1. The van der Waals surface area contributed by atoms with Gasteiger partial charge in [-0.05, 0) is 37.8 Å².